The summed E-state index contributed by atoms with van der Waals surface area (Å²) in [6.07, 6.45) is 2.53. The average Bonchev–Trinajstić information content (AvgIpc) is 3.32. The highest BCUT2D eigenvalue weighted by molar-refractivity contribution is 5.98. The molecule has 0 saturated heterocycles. The molecule has 0 aliphatic carbocycles. The van der Waals surface area contributed by atoms with E-state index >= 15 is 0 Å². The fourth-order valence-corrected chi connectivity index (χ4v) is 4.08. The van der Waals surface area contributed by atoms with Crippen LogP contribution in [0.5, 0.6) is 5.75 Å². The van der Waals surface area contributed by atoms with Gasteiger partial charge in [-0.3, -0.25) is 9.67 Å². The first kappa shape index (κ1) is 18.5. The van der Waals surface area contributed by atoms with Crippen LogP contribution in [-0.4, -0.2) is 26.4 Å². The monoisotopic (exact) mass is 403 g/mol. The van der Waals surface area contributed by atoms with Crippen LogP contribution in [0.15, 0.2) is 36.5 Å². The summed E-state index contributed by atoms with van der Waals surface area (Å²) in [6, 6.07) is 9.16. The predicted octanol–water partition coefficient (Wildman–Crippen LogP) is 4.33. The first-order valence-corrected chi connectivity index (χ1v) is 9.95. The van der Waals surface area contributed by atoms with Crippen LogP contribution in [0.25, 0.3) is 22.2 Å². The van der Waals surface area contributed by atoms with Crippen LogP contribution in [-0.2, 0) is 20.0 Å². The maximum absolute atomic E-state index is 14.5. The molecule has 152 valence electrons. The molecular weight excluding hydrogens is 381 g/mol. The van der Waals surface area contributed by atoms with Crippen LogP contribution in [0.4, 0.5) is 10.2 Å². The lowest BCUT2D eigenvalue weighted by Gasteiger charge is -2.14. The van der Waals surface area contributed by atoms with Crippen molar-refractivity contribution in [2.24, 2.45) is 7.05 Å². The van der Waals surface area contributed by atoms with Crippen molar-refractivity contribution in [2.45, 2.75) is 26.8 Å². The van der Waals surface area contributed by atoms with Gasteiger partial charge in [-0.25, -0.2) is 9.37 Å². The zero-order valence-corrected chi connectivity index (χ0v) is 17.2. The number of pyridine rings is 2. The summed E-state index contributed by atoms with van der Waals surface area (Å²) < 4.78 is 21.9. The van der Waals surface area contributed by atoms with E-state index < -0.39 is 0 Å². The van der Waals surface area contributed by atoms with Gasteiger partial charge in [0.05, 0.1) is 23.5 Å². The highest BCUT2D eigenvalue weighted by Crippen LogP contribution is 2.33. The number of aromatic nitrogens is 4. The van der Waals surface area contributed by atoms with E-state index in [9.17, 15) is 4.39 Å². The Morgan fingerprint density at radius 3 is 2.83 bits per heavy atom. The molecule has 30 heavy (non-hydrogen) atoms. The van der Waals surface area contributed by atoms with Gasteiger partial charge in [0, 0.05) is 54.0 Å². The van der Waals surface area contributed by atoms with Crippen molar-refractivity contribution < 1.29 is 9.13 Å². The molecule has 0 saturated carbocycles. The Hall–Kier alpha value is -3.48. The standard InChI is InChI=1S/C23H22FN5O/c1-13-4-5-16-22(27-13)18(20-10-14(2)28-29(20)3)12-26-23(16)25-11-17-15-8-9-30-21(15)7-6-19(17)24/h4-7,10,12H,8-9,11H2,1-3H3,(H,25,26). The molecule has 1 aliphatic rings. The first-order chi connectivity index (χ1) is 14.5. The number of aryl methyl sites for hydroxylation is 3. The Morgan fingerprint density at radius 1 is 1.17 bits per heavy atom. The quantitative estimate of drug-likeness (QED) is 0.549. The van der Waals surface area contributed by atoms with Crippen molar-refractivity contribution in [3.05, 3.63) is 64.9 Å². The molecule has 6 nitrogen and oxygen atoms in total. The van der Waals surface area contributed by atoms with E-state index in [-0.39, 0.29) is 5.82 Å². The number of anilines is 1. The lowest BCUT2D eigenvalue weighted by molar-refractivity contribution is 0.356. The Labute approximate surface area is 173 Å². The second-order valence-electron chi connectivity index (χ2n) is 7.62. The number of hydrogen-bond donors (Lipinski definition) is 1. The highest BCUT2D eigenvalue weighted by Gasteiger charge is 2.20. The SMILES string of the molecule is Cc1ccc2c(NCc3c(F)ccc4c3CCO4)ncc(-c3cc(C)nn3C)c2n1. The van der Waals surface area contributed by atoms with E-state index in [2.05, 4.69) is 15.4 Å². The minimum atomic E-state index is -0.230. The lowest BCUT2D eigenvalue weighted by atomic mass is 10.0. The molecule has 0 fully saturated rings. The first-order valence-electron chi connectivity index (χ1n) is 9.95. The van der Waals surface area contributed by atoms with E-state index in [1.165, 1.54) is 6.07 Å². The van der Waals surface area contributed by atoms with Gasteiger partial charge in [0.2, 0.25) is 0 Å². The third-order valence-corrected chi connectivity index (χ3v) is 5.52. The molecule has 1 aliphatic heterocycles. The van der Waals surface area contributed by atoms with Crippen molar-refractivity contribution in [3.63, 3.8) is 0 Å². The van der Waals surface area contributed by atoms with E-state index in [0.717, 1.165) is 51.3 Å². The molecular formula is C23H22FN5O. The van der Waals surface area contributed by atoms with Gasteiger partial charge < -0.3 is 10.1 Å². The summed E-state index contributed by atoms with van der Waals surface area (Å²) in [7, 11) is 1.91. The van der Waals surface area contributed by atoms with Crippen LogP contribution in [0, 0.1) is 19.7 Å². The molecule has 1 N–H and O–H groups in total. The van der Waals surface area contributed by atoms with Crippen LogP contribution in [0.1, 0.15) is 22.5 Å². The molecule has 0 atom stereocenters. The molecule has 0 unspecified atom stereocenters. The highest BCUT2D eigenvalue weighted by atomic mass is 19.1. The summed E-state index contributed by atoms with van der Waals surface area (Å²) in [5.74, 6) is 1.22. The lowest BCUT2D eigenvalue weighted by Crippen LogP contribution is -2.07. The number of nitrogens with zero attached hydrogens (tertiary/aromatic N) is 4. The molecule has 0 spiro atoms. The minimum Gasteiger partial charge on any atom is -0.493 e. The van der Waals surface area contributed by atoms with Gasteiger partial charge in [-0.15, -0.1) is 0 Å². The molecule has 0 radical (unpaired) electrons. The third kappa shape index (κ3) is 3.07. The van der Waals surface area contributed by atoms with Gasteiger partial charge >= 0.3 is 0 Å². The number of nitrogens with one attached hydrogen (secondary N) is 1. The summed E-state index contributed by atoms with van der Waals surface area (Å²) in [5.41, 5.74) is 6.14. The number of ether oxygens (including phenoxy) is 1. The fraction of sp³-hybridized carbons (Fsp3) is 0.261. The molecule has 1 aromatic carbocycles. The topological polar surface area (TPSA) is 64.9 Å². The molecule has 0 amide bonds. The van der Waals surface area contributed by atoms with Crippen LogP contribution >= 0.6 is 0 Å². The number of fused-ring (bicyclic) bond motifs is 2. The maximum atomic E-state index is 14.5. The molecule has 4 aromatic rings. The Balaban J connectivity index is 1.56. The second kappa shape index (κ2) is 7.09. The summed E-state index contributed by atoms with van der Waals surface area (Å²) >= 11 is 0. The molecule has 5 rings (SSSR count). The Morgan fingerprint density at radius 2 is 2.03 bits per heavy atom. The summed E-state index contributed by atoms with van der Waals surface area (Å²) in [5, 5.41) is 8.66. The molecule has 3 aromatic heterocycles. The van der Waals surface area contributed by atoms with Crippen LogP contribution in [0.2, 0.25) is 0 Å². The minimum absolute atomic E-state index is 0.230. The van der Waals surface area contributed by atoms with Gasteiger partial charge in [0.25, 0.3) is 0 Å². The van der Waals surface area contributed by atoms with Gasteiger partial charge in [-0.2, -0.15) is 5.10 Å². The van der Waals surface area contributed by atoms with E-state index in [4.69, 9.17) is 9.72 Å². The van der Waals surface area contributed by atoms with Gasteiger partial charge in [-0.05, 0) is 44.2 Å². The van der Waals surface area contributed by atoms with Crippen molar-refractivity contribution in [3.8, 4) is 17.0 Å². The Bertz CT molecular complexity index is 1280. The molecule has 0 bridgehead atoms. The van der Waals surface area contributed by atoms with Crippen LogP contribution < -0.4 is 10.1 Å². The average molecular weight is 403 g/mol. The third-order valence-electron chi connectivity index (χ3n) is 5.52. The van der Waals surface area contributed by atoms with Crippen molar-refractivity contribution in [2.75, 3.05) is 11.9 Å². The van der Waals surface area contributed by atoms with Crippen molar-refractivity contribution in [1.82, 2.24) is 19.7 Å². The predicted molar refractivity (Wildman–Crippen MR) is 114 cm³/mol. The Kier molecular flexibility index (Phi) is 4.38. The largest absolute Gasteiger partial charge is 0.493 e. The van der Waals surface area contributed by atoms with Gasteiger partial charge in [0.15, 0.2) is 0 Å². The van der Waals surface area contributed by atoms with Crippen molar-refractivity contribution in [1.29, 1.82) is 0 Å². The van der Waals surface area contributed by atoms with E-state index in [1.54, 1.807) is 6.07 Å². The summed E-state index contributed by atoms with van der Waals surface area (Å²) in [6.45, 7) is 4.85. The second-order valence-corrected chi connectivity index (χ2v) is 7.62. The smallest absolute Gasteiger partial charge is 0.135 e. The number of benzene rings is 1. The normalized spacial score (nSPS) is 12.8. The zero-order chi connectivity index (χ0) is 20.8. The van der Waals surface area contributed by atoms with Gasteiger partial charge in [-0.1, -0.05) is 0 Å². The molecule has 4 heterocycles. The number of hydrogen-bond acceptors (Lipinski definition) is 5. The van der Waals surface area contributed by atoms with E-state index in [1.807, 2.05) is 50.0 Å². The zero-order valence-electron chi connectivity index (χ0n) is 17.2. The van der Waals surface area contributed by atoms with E-state index in [0.29, 0.717) is 24.5 Å². The van der Waals surface area contributed by atoms with Crippen molar-refractivity contribution >= 4 is 16.7 Å². The van der Waals surface area contributed by atoms with Gasteiger partial charge in [0.1, 0.15) is 17.4 Å². The number of rotatable bonds is 4. The van der Waals surface area contributed by atoms with Crippen LogP contribution in [0.3, 0.4) is 0 Å². The maximum Gasteiger partial charge on any atom is 0.135 e. The molecule has 7 heteroatoms. The fourth-order valence-electron chi connectivity index (χ4n) is 4.08. The summed E-state index contributed by atoms with van der Waals surface area (Å²) in [4.78, 5) is 9.43. The number of halogens is 1.